The fraction of sp³-hybridized carbons (Fsp3) is 0.368. The van der Waals surface area contributed by atoms with Gasteiger partial charge in [0.2, 0.25) is 0 Å². The van der Waals surface area contributed by atoms with Crippen molar-refractivity contribution in [1.82, 2.24) is 4.98 Å². The number of hydrogen-bond donors (Lipinski definition) is 0. The molecule has 3 nitrogen and oxygen atoms in total. The van der Waals surface area contributed by atoms with E-state index in [1.807, 2.05) is 12.1 Å². The number of nitriles is 1. The quantitative estimate of drug-likeness (QED) is 0.856. The highest BCUT2D eigenvalue weighted by Gasteiger charge is 2.25. The summed E-state index contributed by atoms with van der Waals surface area (Å²) < 4.78 is 0. The van der Waals surface area contributed by atoms with Crippen LogP contribution in [0.25, 0.3) is 0 Å². The molecule has 22 heavy (non-hydrogen) atoms. The predicted octanol–water partition coefficient (Wildman–Crippen LogP) is 3.94. The van der Waals surface area contributed by atoms with Crippen LogP contribution in [-0.2, 0) is 6.42 Å². The van der Waals surface area contributed by atoms with Crippen molar-refractivity contribution in [1.29, 1.82) is 5.26 Å². The van der Waals surface area contributed by atoms with E-state index in [0.29, 0.717) is 11.6 Å². The van der Waals surface area contributed by atoms with Crippen LogP contribution in [0.4, 0.5) is 5.82 Å². The average molecular weight is 291 g/mol. The first-order valence-electron chi connectivity index (χ1n) is 8.04. The van der Waals surface area contributed by atoms with Gasteiger partial charge in [-0.2, -0.15) is 5.26 Å². The summed E-state index contributed by atoms with van der Waals surface area (Å²) in [5, 5.41) is 9.33. The number of rotatable bonds is 4. The number of nitrogens with zero attached hydrogens (tertiary/aromatic N) is 3. The summed E-state index contributed by atoms with van der Waals surface area (Å²) in [4.78, 5) is 6.83. The van der Waals surface area contributed by atoms with Gasteiger partial charge >= 0.3 is 0 Å². The molecule has 0 bridgehead atoms. The molecule has 1 fully saturated rings. The summed E-state index contributed by atoms with van der Waals surface area (Å²) >= 11 is 0. The summed E-state index contributed by atoms with van der Waals surface area (Å²) in [6.07, 6.45) is 7.63. The molecule has 0 spiro atoms. The molecular weight excluding hydrogens is 270 g/mol. The fourth-order valence-corrected chi connectivity index (χ4v) is 3.27. The highest BCUT2D eigenvalue weighted by Crippen LogP contribution is 2.28. The second-order valence-corrected chi connectivity index (χ2v) is 5.85. The van der Waals surface area contributed by atoms with Crippen LogP contribution >= 0.6 is 0 Å². The van der Waals surface area contributed by atoms with Gasteiger partial charge in [0.1, 0.15) is 11.9 Å². The Kier molecular flexibility index (Phi) is 4.70. The zero-order chi connectivity index (χ0) is 15.2. The SMILES string of the molecule is N#Cc1cccnc1N1CCCCC1CCc1ccccc1. The first-order chi connectivity index (χ1) is 10.9. The summed E-state index contributed by atoms with van der Waals surface area (Å²) in [6, 6.07) is 17.1. The van der Waals surface area contributed by atoms with E-state index in [9.17, 15) is 5.26 Å². The third-order valence-electron chi connectivity index (χ3n) is 4.42. The van der Waals surface area contributed by atoms with Crippen LogP contribution in [0.2, 0.25) is 0 Å². The highest BCUT2D eigenvalue weighted by molar-refractivity contribution is 5.54. The Bertz CT molecular complexity index is 645. The first-order valence-corrected chi connectivity index (χ1v) is 8.04. The Morgan fingerprint density at radius 2 is 2.00 bits per heavy atom. The minimum atomic E-state index is 0.482. The van der Waals surface area contributed by atoms with Crippen molar-refractivity contribution in [2.75, 3.05) is 11.4 Å². The summed E-state index contributed by atoms with van der Waals surface area (Å²) in [5.74, 6) is 0.864. The molecule has 1 aliphatic rings. The molecule has 3 heteroatoms. The van der Waals surface area contributed by atoms with Gasteiger partial charge in [0.15, 0.2) is 0 Å². The van der Waals surface area contributed by atoms with Gasteiger partial charge in [-0.25, -0.2) is 4.98 Å². The maximum absolute atomic E-state index is 9.33. The Hall–Kier alpha value is -2.34. The summed E-state index contributed by atoms with van der Waals surface area (Å²) in [5.41, 5.74) is 2.07. The van der Waals surface area contributed by atoms with Crippen LogP contribution < -0.4 is 4.90 Å². The molecule has 0 aliphatic carbocycles. The van der Waals surface area contributed by atoms with E-state index in [1.165, 1.54) is 24.8 Å². The molecule has 112 valence electrons. The Labute approximate surface area is 132 Å². The van der Waals surface area contributed by atoms with Crippen LogP contribution in [0.5, 0.6) is 0 Å². The van der Waals surface area contributed by atoms with Crippen molar-refractivity contribution in [3.63, 3.8) is 0 Å². The molecule has 1 aromatic carbocycles. The lowest BCUT2D eigenvalue weighted by Gasteiger charge is -2.37. The van der Waals surface area contributed by atoms with Gasteiger partial charge in [-0.3, -0.25) is 0 Å². The molecule has 1 aliphatic heterocycles. The van der Waals surface area contributed by atoms with Crippen LogP contribution in [0, 0.1) is 11.3 Å². The van der Waals surface area contributed by atoms with E-state index in [4.69, 9.17) is 0 Å². The van der Waals surface area contributed by atoms with E-state index in [1.54, 1.807) is 6.20 Å². The molecule has 1 unspecified atom stereocenters. The lowest BCUT2D eigenvalue weighted by molar-refractivity contribution is 0.435. The maximum atomic E-state index is 9.33. The van der Waals surface area contributed by atoms with E-state index in [-0.39, 0.29) is 0 Å². The fourth-order valence-electron chi connectivity index (χ4n) is 3.27. The third-order valence-corrected chi connectivity index (χ3v) is 4.42. The highest BCUT2D eigenvalue weighted by atomic mass is 15.2. The van der Waals surface area contributed by atoms with Gasteiger partial charge in [0.05, 0.1) is 5.56 Å². The molecule has 2 heterocycles. The van der Waals surface area contributed by atoms with E-state index >= 15 is 0 Å². The monoisotopic (exact) mass is 291 g/mol. The number of anilines is 1. The van der Waals surface area contributed by atoms with Gasteiger partial charge in [0.25, 0.3) is 0 Å². The van der Waals surface area contributed by atoms with Crippen LogP contribution in [0.15, 0.2) is 48.7 Å². The third kappa shape index (κ3) is 3.28. The van der Waals surface area contributed by atoms with Crippen molar-refractivity contribution in [3.8, 4) is 6.07 Å². The topological polar surface area (TPSA) is 39.9 Å². The number of benzene rings is 1. The predicted molar refractivity (Wildman–Crippen MR) is 88.7 cm³/mol. The Morgan fingerprint density at radius 1 is 1.14 bits per heavy atom. The van der Waals surface area contributed by atoms with Crippen molar-refractivity contribution in [2.45, 2.75) is 38.1 Å². The molecular formula is C19H21N3. The first kappa shape index (κ1) is 14.6. The smallest absolute Gasteiger partial charge is 0.146 e. The normalized spacial score (nSPS) is 18.0. The number of piperidine rings is 1. The second-order valence-electron chi connectivity index (χ2n) is 5.85. The van der Waals surface area contributed by atoms with Gasteiger partial charge in [-0.05, 0) is 49.8 Å². The maximum Gasteiger partial charge on any atom is 0.146 e. The van der Waals surface area contributed by atoms with Gasteiger partial charge in [-0.1, -0.05) is 30.3 Å². The zero-order valence-corrected chi connectivity index (χ0v) is 12.8. The van der Waals surface area contributed by atoms with E-state index in [2.05, 4.69) is 46.3 Å². The molecule has 1 atom stereocenters. The summed E-state index contributed by atoms with van der Waals surface area (Å²) in [6.45, 7) is 1.01. The molecule has 0 saturated carbocycles. The minimum Gasteiger partial charge on any atom is -0.353 e. The molecule has 2 aromatic rings. The average Bonchev–Trinajstić information content (AvgIpc) is 2.61. The largest absolute Gasteiger partial charge is 0.353 e. The number of pyridine rings is 1. The molecule has 0 radical (unpaired) electrons. The van der Waals surface area contributed by atoms with Gasteiger partial charge in [-0.15, -0.1) is 0 Å². The molecule has 0 N–H and O–H groups in total. The zero-order valence-electron chi connectivity index (χ0n) is 12.8. The van der Waals surface area contributed by atoms with Crippen molar-refractivity contribution >= 4 is 5.82 Å². The van der Waals surface area contributed by atoms with Crippen molar-refractivity contribution in [3.05, 3.63) is 59.8 Å². The van der Waals surface area contributed by atoms with Crippen molar-refractivity contribution in [2.24, 2.45) is 0 Å². The van der Waals surface area contributed by atoms with Crippen LogP contribution in [0.3, 0.4) is 0 Å². The lowest BCUT2D eigenvalue weighted by atomic mass is 9.95. The van der Waals surface area contributed by atoms with Gasteiger partial charge in [0, 0.05) is 18.8 Å². The lowest BCUT2D eigenvalue weighted by Crippen LogP contribution is -2.40. The molecule has 3 rings (SSSR count). The number of aryl methyl sites for hydroxylation is 1. The van der Waals surface area contributed by atoms with E-state index < -0.39 is 0 Å². The van der Waals surface area contributed by atoms with Crippen LogP contribution in [-0.4, -0.2) is 17.6 Å². The van der Waals surface area contributed by atoms with E-state index in [0.717, 1.165) is 25.2 Å². The minimum absolute atomic E-state index is 0.482. The Balaban J connectivity index is 1.75. The number of aromatic nitrogens is 1. The molecule has 1 aromatic heterocycles. The Morgan fingerprint density at radius 3 is 2.82 bits per heavy atom. The van der Waals surface area contributed by atoms with Crippen molar-refractivity contribution < 1.29 is 0 Å². The second kappa shape index (κ2) is 7.09. The standard InChI is InChI=1S/C19H21N3/c20-15-17-9-6-13-21-19(17)22-14-5-4-10-18(22)12-11-16-7-2-1-3-8-16/h1-3,6-9,13,18H,4-5,10-12,14H2. The molecule has 1 saturated heterocycles. The van der Waals surface area contributed by atoms with Gasteiger partial charge < -0.3 is 4.90 Å². The molecule has 0 amide bonds. The summed E-state index contributed by atoms with van der Waals surface area (Å²) in [7, 11) is 0. The van der Waals surface area contributed by atoms with Crippen LogP contribution in [0.1, 0.15) is 36.8 Å². The number of hydrogen-bond acceptors (Lipinski definition) is 3.